The Hall–Kier alpha value is -0.980. The van der Waals surface area contributed by atoms with Crippen LogP contribution < -0.4 is 0 Å². The summed E-state index contributed by atoms with van der Waals surface area (Å²) in [6, 6.07) is 0. The number of carboxylic acids is 1. The highest BCUT2D eigenvalue weighted by atomic mass is 32.1. The summed E-state index contributed by atoms with van der Waals surface area (Å²) in [5.41, 5.74) is 0.578. The number of aryl methyl sites for hydroxylation is 1. The van der Waals surface area contributed by atoms with Gasteiger partial charge in [0.25, 0.3) is 0 Å². The van der Waals surface area contributed by atoms with E-state index in [4.69, 9.17) is 9.84 Å². The third kappa shape index (κ3) is 2.65. The molecule has 2 rings (SSSR count). The third-order valence-corrected chi connectivity index (χ3v) is 4.12. The van der Waals surface area contributed by atoms with E-state index >= 15 is 0 Å². The minimum Gasteiger partial charge on any atom is -0.477 e. The van der Waals surface area contributed by atoms with Gasteiger partial charge in [0.15, 0.2) is 0 Å². The van der Waals surface area contributed by atoms with Crippen LogP contribution in [0, 0.1) is 6.92 Å². The molecule has 5 nitrogen and oxygen atoms in total. The van der Waals surface area contributed by atoms with Crippen molar-refractivity contribution in [3.05, 3.63) is 15.6 Å². The van der Waals surface area contributed by atoms with E-state index in [9.17, 15) is 4.79 Å². The molecule has 0 radical (unpaired) electrons. The Balaban J connectivity index is 2.16. The first-order valence-corrected chi connectivity index (χ1v) is 6.48. The average molecular weight is 256 g/mol. The Labute approximate surface area is 104 Å². The zero-order valence-corrected chi connectivity index (χ0v) is 10.8. The SMILES string of the molecule is CCN1CCOC(c2nc(C)c(C(=O)O)s2)C1. The second kappa shape index (κ2) is 5.12. The molecular weight excluding hydrogens is 240 g/mol. The number of likely N-dealkylation sites (N-methyl/N-ethyl adjacent to an activating group) is 1. The first kappa shape index (κ1) is 12.5. The predicted molar refractivity (Wildman–Crippen MR) is 64.6 cm³/mol. The zero-order chi connectivity index (χ0) is 12.4. The van der Waals surface area contributed by atoms with Crippen LogP contribution >= 0.6 is 11.3 Å². The van der Waals surface area contributed by atoms with Gasteiger partial charge in [-0.15, -0.1) is 11.3 Å². The molecule has 1 unspecified atom stereocenters. The van der Waals surface area contributed by atoms with E-state index in [2.05, 4.69) is 16.8 Å². The molecule has 17 heavy (non-hydrogen) atoms. The molecule has 1 atom stereocenters. The summed E-state index contributed by atoms with van der Waals surface area (Å²) in [4.78, 5) is 17.9. The number of carbonyl (C=O) groups is 1. The second-order valence-corrected chi connectivity index (χ2v) is 5.06. The van der Waals surface area contributed by atoms with Crippen LogP contribution in [0.3, 0.4) is 0 Å². The van der Waals surface area contributed by atoms with Crippen molar-refractivity contribution in [2.24, 2.45) is 0 Å². The van der Waals surface area contributed by atoms with Gasteiger partial charge in [0, 0.05) is 13.1 Å². The summed E-state index contributed by atoms with van der Waals surface area (Å²) in [6.07, 6.45) is -0.0829. The number of morpholine rings is 1. The molecule has 1 aliphatic heterocycles. The fourth-order valence-electron chi connectivity index (χ4n) is 1.89. The summed E-state index contributed by atoms with van der Waals surface area (Å²) < 4.78 is 5.66. The summed E-state index contributed by atoms with van der Waals surface area (Å²) in [5.74, 6) is -0.908. The Morgan fingerprint density at radius 2 is 2.47 bits per heavy atom. The third-order valence-electron chi connectivity index (χ3n) is 2.88. The molecule has 1 aromatic heterocycles. The summed E-state index contributed by atoms with van der Waals surface area (Å²) in [5, 5.41) is 9.77. The van der Waals surface area contributed by atoms with E-state index < -0.39 is 5.97 Å². The topological polar surface area (TPSA) is 62.7 Å². The molecule has 1 N–H and O–H groups in total. The van der Waals surface area contributed by atoms with Gasteiger partial charge in [0.2, 0.25) is 0 Å². The van der Waals surface area contributed by atoms with E-state index in [1.807, 2.05) is 0 Å². The Kier molecular flexibility index (Phi) is 3.76. The second-order valence-electron chi connectivity index (χ2n) is 4.02. The standard InChI is InChI=1S/C11H16N2O3S/c1-3-13-4-5-16-8(6-13)10-12-7(2)9(17-10)11(14)15/h8H,3-6H2,1-2H3,(H,14,15). The summed E-state index contributed by atoms with van der Waals surface area (Å²) in [6.45, 7) is 7.23. The van der Waals surface area contributed by atoms with E-state index in [1.165, 1.54) is 11.3 Å². The highest BCUT2D eigenvalue weighted by molar-refractivity contribution is 7.13. The molecule has 0 aromatic carbocycles. The van der Waals surface area contributed by atoms with Gasteiger partial charge in [-0.2, -0.15) is 0 Å². The number of thiazole rings is 1. The number of aromatic carboxylic acids is 1. The Morgan fingerprint density at radius 3 is 3.06 bits per heavy atom. The van der Waals surface area contributed by atoms with Crippen molar-refractivity contribution in [1.29, 1.82) is 0 Å². The van der Waals surface area contributed by atoms with Gasteiger partial charge in [0.1, 0.15) is 16.0 Å². The van der Waals surface area contributed by atoms with E-state index in [-0.39, 0.29) is 6.10 Å². The maximum Gasteiger partial charge on any atom is 0.347 e. The lowest BCUT2D eigenvalue weighted by molar-refractivity contribution is -0.0282. The van der Waals surface area contributed by atoms with Crippen LogP contribution in [-0.2, 0) is 4.74 Å². The maximum absolute atomic E-state index is 11.0. The monoisotopic (exact) mass is 256 g/mol. The minimum absolute atomic E-state index is 0.0829. The Morgan fingerprint density at radius 1 is 1.71 bits per heavy atom. The van der Waals surface area contributed by atoms with Crippen LogP contribution in [0.2, 0.25) is 0 Å². The molecule has 1 saturated heterocycles. The molecule has 2 heterocycles. The van der Waals surface area contributed by atoms with Crippen molar-refractivity contribution in [3.63, 3.8) is 0 Å². The van der Waals surface area contributed by atoms with E-state index in [0.29, 0.717) is 17.2 Å². The van der Waals surface area contributed by atoms with E-state index in [1.54, 1.807) is 6.92 Å². The predicted octanol–water partition coefficient (Wildman–Crippen LogP) is 1.54. The normalized spacial score (nSPS) is 21.6. The molecular formula is C11H16N2O3S. The van der Waals surface area contributed by atoms with Gasteiger partial charge in [-0.05, 0) is 13.5 Å². The quantitative estimate of drug-likeness (QED) is 0.889. The largest absolute Gasteiger partial charge is 0.477 e. The molecule has 0 amide bonds. The zero-order valence-electron chi connectivity index (χ0n) is 9.97. The number of carboxylic acid groups (broad SMARTS) is 1. The molecule has 1 aromatic rings. The summed E-state index contributed by atoms with van der Waals surface area (Å²) in [7, 11) is 0. The van der Waals surface area contributed by atoms with Gasteiger partial charge < -0.3 is 9.84 Å². The molecule has 94 valence electrons. The number of ether oxygens (including phenoxy) is 1. The smallest absolute Gasteiger partial charge is 0.347 e. The van der Waals surface area contributed by atoms with Crippen LogP contribution in [0.15, 0.2) is 0 Å². The number of rotatable bonds is 3. The lowest BCUT2D eigenvalue weighted by Crippen LogP contribution is -2.38. The van der Waals surface area contributed by atoms with Crippen molar-refractivity contribution in [2.75, 3.05) is 26.2 Å². The van der Waals surface area contributed by atoms with Gasteiger partial charge in [-0.3, -0.25) is 4.90 Å². The van der Waals surface area contributed by atoms with Crippen LogP contribution in [0.25, 0.3) is 0 Å². The maximum atomic E-state index is 11.0. The number of aromatic nitrogens is 1. The minimum atomic E-state index is -0.908. The van der Waals surface area contributed by atoms with E-state index in [0.717, 1.165) is 24.6 Å². The summed E-state index contributed by atoms with van der Waals surface area (Å²) >= 11 is 1.22. The van der Waals surface area contributed by atoms with Gasteiger partial charge in [0.05, 0.1) is 12.3 Å². The lowest BCUT2D eigenvalue weighted by atomic mass is 10.3. The van der Waals surface area contributed by atoms with Crippen LogP contribution in [0.1, 0.15) is 33.4 Å². The van der Waals surface area contributed by atoms with Crippen LogP contribution in [0.4, 0.5) is 0 Å². The van der Waals surface area contributed by atoms with Crippen molar-refractivity contribution >= 4 is 17.3 Å². The van der Waals surface area contributed by atoms with Gasteiger partial charge in [-0.25, -0.2) is 9.78 Å². The Bertz CT molecular complexity index is 419. The first-order chi connectivity index (χ1) is 8.11. The average Bonchev–Trinajstić information content (AvgIpc) is 2.71. The fourth-order valence-corrected chi connectivity index (χ4v) is 2.84. The number of hydrogen-bond acceptors (Lipinski definition) is 5. The number of nitrogens with zero attached hydrogens (tertiary/aromatic N) is 2. The molecule has 1 fully saturated rings. The van der Waals surface area contributed by atoms with Crippen molar-refractivity contribution < 1.29 is 14.6 Å². The van der Waals surface area contributed by atoms with Crippen molar-refractivity contribution in [3.8, 4) is 0 Å². The molecule has 0 saturated carbocycles. The van der Waals surface area contributed by atoms with Crippen molar-refractivity contribution in [2.45, 2.75) is 20.0 Å². The molecule has 1 aliphatic rings. The van der Waals surface area contributed by atoms with Gasteiger partial charge in [-0.1, -0.05) is 6.92 Å². The molecule has 0 bridgehead atoms. The fraction of sp³-hybridized carbons (Fsp3) is 0.636. The molecule has 6 heteroatoms. The highest BCUT2D eigenvalue weighted by Gasteiger charge is 2.25. The van der Waals surface area contributed by atoms with Crippen LogP contribution in [-0.4, -0.2) is 47.2 Å². The highest BCUT2D eigenvalue weighted by Crippen LogP contribution is 2.28. The van der Waals surface area contributed by atoms with Gasteiger partial charge >= 0.3 is 5.97 Å². The van der Waals surface area contributed by atoms with Crippen LogP contribution in [0.5, 0.6) is 0 Å². The lowest BCUT2D eigenvalue weighted by Gasteiger charge is -2.30. The first-order valence-electron chi connectivity index (χ1n) is 5.66. The molecule has 0 aliphatic carbocycles. The number of hydrogen-bond donors (Lipinski definition) is 1. The molecule has 0 spiro atoms. The van der Waals surface area contributed by atoms with Crippen molar-refractivity contribution in [1.82, 2.24) is 9.88 Å².